The van der Waals surface area contributed by atoms with Gasteiger partial charge in [0, 0.05) is 26.4 Å². The maximum atomic E-state index is 7.57. The molecule has 0 amide bonds. The van der Waals surface area contributed by atoms with Crippen LogP contribution >= 0.6 is 11.6 Å². The number of hydrogen-bond acceptors (Lipinski definition) is 4. The zero-order valence-corrected chi connectivity index (χ0v) is 11.8. The van der Waals surface area contributed by atoms with Gasteiger partial charge in [0.2, 0.25) is 0 Å². The van der Waals surface area contributed by atoms with E-state index in [1.165, 1.54) is 0 Å². The summed E-state index contributed by atoms with van der Waals surface area (Å²) in [5.74, 6) is 0. The average Bonchev–Trinajstić information content (AvgIpc) is 2.20. The molecule has 0 aliphatic rings. The number of halogens is 1. The van der Waals surface area contributed by atoms with Crippen LogP contribution in [0.2, 0.25) is 0 Å². The van der Waals surface area contributed by atoms with Crippen molar-refractivity contribution < 1.29 is 18.4 Å². The fourth-order valence-electron chi connectivity index (χ4n) is 0.900. The predicted octanol–water partition coefficient (Wildman–Crippen LogP) is 1.81. The highest BCUT2D eigenvalue weighted by atomic mass is 35.5. The van der Waals surface area contributed by atoms with E-state index in [9.17, 15) is 0 Å². The number of rotatable bonds is 7. The highest BCUT2D eigenvalue weighted by molar-refractivity contribution is 6.69. The Morgan fingerprint density at radius 2 is 1.20 bits per heavy atom. The molecule has 0 heterocycles. The molecule has 0 unspecified atom stereocenters. The Morgan fingerprint density at radius 3 is 1.33 bits per heavy atom. The minimum Gasteiger partial charge on any atom is -0.397 e. The summed E-state index contributed by atoms with van der Waals surface area (Å²) in [6, 6.07) is 0. The first-order chi connectivity index (χ1) is 7.16. The summed E-state index contributed by atoms with van der Waals surface area (Å²) in [6.45, 7) is 9.40. The summed E-state index contributed by atoms with van der Waals surface area (Å²) in [6.07, 6.45) is 0. The molecule has 0 spiro atoms. The molecule has 4 nitrogen and oxygen atoms in total. The molecule has 0 atom stereocenters. The monoisotopic (exact) mass is 258 g/mol. The standard InChI is InChI=1S/C7H17ClO3Si.C2H6O/c1-4-9-12(7-8,10-5-2)11-6-3;1-2-3/h4-7H2,1-3H3;3H,2H2,1H3. The lowest BCUT2D eigenvalue weighted by Crippen LogP contribution is -2.48. The zero-order valence-electron chi connectivity index (χ0n) is 10.1. The second-order valence-electron chi connectivity index (χ2n) is 2.43. The molecule has 0 aliphatic carbocycles. The molecular formula is C9H23ClO4Si. The lowest BCUT2D eigenvalue weighted by Gasteiger charge is -2.25. The summed E-state index contributed by atoms with van der Waals surface area (Å²) in [4.78, 5) is 0. The fraction of sp³-hybridized carbons (Fsp3) is 1.00. The van der Waals surface area contributed by atoms with Gasteiger partial charge in [-0.2, -0.15) is 0 Å². The molecule has 0 bridgehead atoms. The second kappa shape index (κ2) is 12.4. The first kappa shape index (κ1) is 17.7. The summed E-state index contributed by atoms with van der Waals surface area (Å²) < 4.78 is 16.3. The molecule has 0 aromatic rings. The average molecular weight is 259 g/mol. The highest BCUT2D eigenvalue weighted by Gasteiger charge is 2.39. The second-order valence-corrected chi connectivity index (χ2v) is 5.73. The van der Waals surface area contributed by atoms with Crippen LogP contribution in [-0.2, 0) is 13.3 Å². The molecule has 0 saturated carbocycles. The van der Waals surface area contributed by atoms with Crippen molar-refractivity contribution in [1.82, 2.24) is 0 Å². The zero-order chi connectivity index (χ0) is 12.2. The normalized spacial score (nSPS) is 10.8. The van der Waals surface area contributed by atoms with Crippen LogP contribution in [0.15, 0.2) is 0 Å². The lowest BCUT2D eigenvalue weighted by atomic mass is 10.9. The van der Waals surface area contributed by atoms with Gasteiger partial charge in [0.1, 0.15) is 0 Å². The van der Waals surface area contributed by atoms with E-state index >= 15 is 0 Å². The van der Waals surface area contributed by atoms with Crippen molar-refractivity contribution in [2.75, 3.05) is 31.9 Å². The van der Waals surface area contributed by atoms with Crippen LogP contribution in [0.5, 0.6) is 0 Å². The molecule has 6 heteroatoms. The SMILES string of the molecule is CCO.CCO[Si](CCl)(OCC)OCC. The van der Waals surface area contributed by atoms with E-state index in [-0.39, 0.29) is 6.61 Å². The molecule has 94 valence electrons. The first-order valence-electron chi connectivity index (χ1n) is 5.24. The van der Waals surface area contributed by atoms with E-state index in [4.69, 9.17) is 30.0 Å². The molecule has 15 heavy (non-hydrogen) atoms. The fourth-order valence-corrected chi connectivity index (χ4v) is 3.40. The molecule has 0 aromatic carbocycles. The van der Waals surface area contributed by atoms with Gasteiger partial charge in [-0.05, 0) is 27.7 Å². The molecule has 0 saturated heterocycles. The number of aliphatic hydroxyl groups excluding tert-OH is 1. The Morgan fingerprint density at radius 1 is 0.933 bits per heavy atom. The topological polar surface area (TPSA) is 47.9 Å². The van der Waals surface area contributed by atoms with Gasteiger partial charge in [0.15, 0.2) is 0 Å². The number of aliphatic hydroxyl groups is 1. The number of hydrogen-bond donors (Lipinski definition) is 1. The van der Waals surface area contributed by atoms with Gasteiger partial charge >= 0.3 is 8.80 Å². The van der Waals surface area contributed by atoms with E-state index in [1.807, 2.05) is 20.8 Å². The van der Waals surface area contributed by atoms with Crippen molar-refractivity contribution >= 4 is 20.4 Å². The third-order valence-electron chi connectivity index (χ3n) is 1.26. The van der Waals surface area contributed by atoms with E-state index in [0.717, 1.165) is 0 Å². The Balaban J connectivity index is 0. The predicted molar refractivity (Wildman–Crippen MR) is 64.1 cm³/mol. The van der Waals surface area contributed by atoms with E-state index < -0.39 is 8.80 Å². The minimum atomic E-state index is -2.50. The van der Waals surface area contributed by atoms with Crippen molar-refractivity contribution in [1.29, 1.82) is 0 Å². The van der Waals surface area contributed by atoms with Gasteiger partial charge in [0.25, 0.3) is 0 Å². The third-order valence-corrected chi connectivity index (χ3v) is 4.75. The summed E-state index contributed by atoms with van der Waals surface area (Å²) in [5, 5.41) is 7.57. The van der Waals surface area contributed by atoms with Crippen LogP contribution in [0.3, 0.4) is 0 Å². The molecule has 0 rings (SSSR count). The maximum Gasteiger partial charge on any atom is 0.516 e. The molecule has 0 aromatic heterocycles. The van der Waals surface area contributed by atoms with E-state index in [0.29, 0.717) is 25.3 Å². The third kappa shape index (κ3) is 9.29. The molecule has 0 aliphatic heterocycles. The van der Waals surface area contributed by atoms with E-state index in [2.05, 4.69) is 0 Å². The van der Waals surface area contributed by atoms with Crippen molar-refractivity contribution in [2.24, 2.45) is 0 Å². The van der Waals surface area contributed by atoms with Gasteiger partial charge < -0.3 is 18.4 Å². The summed E-state index contributed by atoms with van der Waals surface area (Å²) >= 11 is 5.75. The maximum absolute atomic E-state index is 7.57. The van der Waals surface area contributed by atoms with Crippen molar-refractivity contribution in [3.05, 3.63) is 0 Å². The van der Waals surface area contributed by atoms with Gasteiger partial charge in [-0.1, -0.05) is 0 Å². The Bertz CT molecular complexity index is 110. The Labute approximate surface area is 98.9 Å². The van der Waals surface area contributed by atoms with Crippen molar-refractivity contribution in [3.63, 3.8) is 0 Å². The molecular weight excluding hydrogens is 236 g/mol. The molecule has 0 fully saturated rings. The van der Waals surface area contributed by atoms with Crippen LogP contribution in [0.25, 0.3) is 0 Å². The smallest absolute Gasteiger partial charge is 0.397 e. The Kier molecular flexibility index (Phi) is 14.7. The first-order valence-corrected chi connectivity index (χ1v) is 7.71. The van der Waals surface area contributed by atoms with Crippen LogP contribution < -0.4 is 0 Å². The van der Waals surface area contributed by atoms with Crippen LogP contribution in [0, 0.1) is 0 Å². The van der Waals surface area contributed by atoms with Crippen molar-refractivity contribution in [3.8, 4) is 0 Å². The van der Waals surface area contributed by atoms with Gasteiger partial charge in [-0.25, -0.2) is 0 Å². The summed E-state index contributed by atoms with van der Waals surface area (Å²) in [7, 11) is -2.50. The van der Waals surface area contributed by atoms with Crippen LogP contribution in [0.4, 0.5) is 0 Å². The minimum absolute atomic E-state index is 0.250. The van der Waals surface area contributed by atoms with Gasteiger partial charge in [-0.3, -0.25) is 0 Å². The quantitative estimate of drug-likeness (QED) is 0.559. The summed E-state index contributed by atoms with van der Waals surface area (Å²) in [5.41, 5.74) is 0.322. The molecule has 0 radical (unpaired) electrons. The largest absolute Gasteiger partial charge is 0.516 e. The van der Waals surface area contributed by atoms with Crippen molar-refractivity contribution in [2.45, 2.75) is 27.7 Å². The Hall–Kier alpha value is 0.347. The van der Waals surface area contributed by atoms with Crippen LogP contribution in [-0.4, -0.2) is 45.8 Å². The number of alkyl halides is 1. The van der Waals surface area contributed by atoms with E-state index in [1.54, 1.807) is 6.92 Å². The van der Waals surface area contributed by atoms with Crippen LogP contribution in [0.1, 0.15) is 27.7 Å². The highest BCUT2D eigenvalue weighted by Crippen LogP contribution is 2.11. The lowest BCUT2D eigenvalue weighted by molar-refractivity contribution is 0.0769. The molecule has 1 N–H and O–H groups in total. The van der Waals surface area contributed by atoms with Gasteiger partial charge in [0.05, 0.1) is 5.50 Å². The van der Waals surface area contributed by atoms with Gasteiger partial charge in [-0.15, -0.1) is 11.6 Å².